The lowest BCUT2D eigenvalue weighted by molar-refractivity contribution is 0.170. The highest BCUT2D eigenvalue weighted by molar-refractivity contribution is 6.30. The van der Waals surface area contributed by atoms with Crippen LogP contribution < -0.4 is 5.32 Å². The Hall–Kier alpha value is -1.49. The van der Waals surface area contributed by atoms with Crippen molar-refractivity contribution in [3.8, 4) is 0 Å². The Bertz CT molecular complexity index is 604. The molecule has 0 bridgehead atoms. The monoisotopic (exact) mass is 311 g/mol. The first-order chi connectivity index (χ1) is 9.97. The van der Waals surface area contributed by atoms with E-state index in [4.69, 9.17) is 11.6 Å². The fourth-order valence-corrected chi connectivity index (χ4v) is 2.12. The number of halogens is 3. The Kier molecular flexibility index (Phi) is 5.28. The molecule has 112 valence electrons. The Morgan fingerprint density at radius 2 is 1.67 bits per heavy atom. The zero-order chi connectivity index (χ0) is 15.4. The molecule has 2 N–H and O–H groups in total. The van der Waals surface area contributed by atoms with Crippen LogP contribution >= 0.6 is 11.6 Å². The van der Waals surface area contributed by atoms with Gasteiger partial charge in [-0.2, -0.15) is 0 Å². The molecule has 0 fully saturated rings. The predicted octanol–water partition coefficient (Wildman–Crippen LogP) is 4.00. The van der Waals surface area contributed by atoms with Crippen molar-refractivity contribution in [3.63, 3.8) is 0 Å². The number of aliphatic hydroxyl groups excluding tert-OH is 1. The van der Waals surface area contributed by atoms with Crippen LogP contribution in [0.1, 0.15) is 30.2 Å². The maximum absolute atomic E-state index is 13.1. The Labute approximate surface area is 127 Å². The average molecular weight is 312 g/mol. The van der Waals surface area contributed by atoms with E-state index in [0.717, 1.165) is 17.7 Å². The topological polar surface area (TPSA) is 32.3 Å². The first-order valence-corrected chi connectivity index (χ1v) is 6.97. The van der Waals surface area contributed by atoms with Gasteiger partial charge in [0.15, 0.2) is 11.6 Å². The van der Waals surface area contributed by atoms with Gasteiger partial charge in [-0.3, -0.25) is 0 Å². The van der Waals surface area contributed by atoms with E-state index in [9.17, 15) is 13.9 Å². The normalized spacial score (nSPS) is 14.0. The standard InChI is InChI=1S/C16H16ClF2NO/c1-10(11-2-5-13(17)6-3-11)20-9-16(21)12-4-7-14(18)15(19)8-12/h2-8,10,16,20-21H,9H2,1H3. The molecule has 2 nitrogen and oxygen atoms in total. The van der Waals surface area contributed by atoms with E-state index in [2.05, 4.69) is 5.32 Å². The van der Waals surface area contributed by atoms with E-state index in [1.807, 2.05) is 19.1 Å². The zero-order valence-corrected chi connectivity index (χ0v) is 12.2. The quantitative estimate of drug-likeness (QED) is 0.874. The molecule has 0 aromatic heterocycles. The molecular formula is C16H16ClF2NO. The molecule has 0 aliphatic carbocycles. The zero-order valence-electron chi connectivity index (χ0n) is 11.5. The van der Waals surface area contributed by atoms with Gasteiger partial charge in [-0.15, -0.1) is 0 Å². The van der Waals surface area contributed by atoms with E-state index in [1.165, 1.54) is 6.07 Å². The third-order valence-corrected chi connectivity index (χ3v) is 3.57. The van der Waals surface area contributed by atoms with Crippen molar-refractivity contribution >= 4 is 11.6 Å². The number of rotatable bonds is 5. The number of nitrogens with one attached hydrogen (secondary N) is 1. The number of benzene rings is 2. The van der Waals surface area contributed by atoms with E-state index in [1.54, 1.807) is 12.1 Å². The number of hydrogen-bond donors (Lipinski definition) is 2. The Balaban J connectivity index is 1.95. The summed E-state index contributed by atoms with van der Waals surface area (Å²) in [6.45, 7) is 2.18. The van der Waals surface area contributed by atoms with Crippen LogP contribution in [0.5, 0.6) is 0 Å². The summed E-state index contributed by atoms with van der Waals surface area (Å²) in [5.41, 5.74) is 1.36. The highest BCUT2D eigenvalue weighted by Gasteiger charge is 2.12. The van der Waals surface area contributed by atoms with Gasteiger partial charge in [0.2, 0.25) is 0 Å². The fourth-order valence-electron chi connectivity index (χ4n) is 2.00. The molecule has 0 heterocycles. The van der Waals surface area contributed by atoms with Crippen molar-refractivity contribution in [2.24, 2.45) is 0 Å². The van der Waals surface area contributed by atoms with Crippen LogP contribution in [0.4, 0.5) is 8.78 Å². The van der Waals surface area contributed by atoms with Crippen molar-refractivity contribution in [1.82, 2.24) is 5.32 Å². The van der Waals surface area contributed by atoms with Gasteiger partial charge < -0.3 is 10.4 Å². The Morgan fingerprint density at radius 3 is 2.29 bits per heavy atom. The van der Waals surface area contributed by atoms with E-state index in [-0.39, 0.29) is 12.6 Å². The summed E-state index contributed by atoms with van der Waals surface area (Å²) in [5.74, 6) is -1.88. The van der Waals surface area contributed by atoms with Gasteiger partial charge in [0.1, 0.15) is 0 Å². The number of hydrogen-bond acceptors (Lipinski definition) is 2. The summed E-state index contributed by atoms with van der Waals surface area (Å²) in [4.78, 5) is 0. The molecule has 5 heteroatoms. The molecule has 0 radical (unpaired) electrons. The van der Waals surface area contributed by atoms with E-state index in [0.29, 0.717) is 10.6 Å². The SMILES string of the molecule is CC(NCC(O)c1ccc(F)c(F)c1)c1ccc(Cl)cc1. The fraction of sp³-hybridized carbons (Fsp3) is 0.250. The highest BCUT2D eigenvalue weighted by Crippen LogP contribution is 2.19. The van der Waals surface area contributed by atoms with Crippen LogP contribution in [0.25, 0.3) is 0 Å². The summed E-state index contributed by atoms with van der Waals surface area (Å²) >= 11 is 5.82. The molecular weight excluding hydrogens is 296 g/mol. The summed E-state index contributed by atoms with van der Waals surface area (Å²) in [7, 11) is 0. The van der Waals surface area contributed by atoms with Gasteiger partial charge in [0, 0.05) is 17.6 Å². The van der Waals surface area contributed by atoms with Gasteiger partial charge in [-0.1, -0.05) is 29.8 Å². The first kappa shape index (κ1) is 15.9. The molecule has 2 atom stereocenters. The van der Waals surface area contributed by atoms with Crippen LogP contribution in [0.3, 0.4) is 0 Å². The minimum absolute atomic E-state index is 0.00205. The summed E-state index contributed by atoms with van der Waals surface area (Å²) in [6.07, 6.45) is -0.908. The molecule has 2 aromatic rings. The van der Waals surface area contributed by atoms with Gasteiger partial charge in [-0.25, -0.2) is 8.78 Å². The predicted molar refractivity (Wildman–Crippen MR) is 79.2 cm³/mol. The molecule has 2 rings (SSSR count). The van der Waals surface area contributed by atoms with Crippen molar-refractivity contribution in [1.29, 1.82) is 0 Å². The summed E-state index contributed by atoms with van der Waals surface area (Å²) < 4.78 is 26.0. The van der Waals surface area contributed by atoms with Gasteiger partial charge in [-0.05, 0) is 42.3 Å². The molecule has 2 unspecified atom stereocenters. The van der Waals surface area contributed by atoms with E-state index >= 15 is 0 Å². The van der Waals surface area contributed by atoms with Crippen LogP contribution in [0.15, 0.2) is 42.5 Å². The lowest BCUT2D eigenvalue weighted by Crippen LogP contribution is -2.24. The minimum Gasteiger partial charge on any atom is -0.387 e. The van der Waals surface area contributed by atoms with Crippen molar-refractivity contribution in [2.45, 2.75) is 19.1 Å². The largest absolute Gasteiger partial charge is 0.387 e. The maximum Gasteiger partial charge on any atom is 0.159 e. The second-order valence-electron chi connectivity index (χ2n) is 4.87. The van der Waals surface area contributed by atoms with Crippen molar-refractivity contribution in [2.75, 3.05) is 6.54 Å². The molecule has 0 saturated heterocycles. The highest BCUT2D eigenvalue weighted by atomic mass is 35.5. The summed E-state index contributed by atoms with van der Waals surface area (Å²) in [5, 5.41) is 13.8. The molecule has 0 amide bonds. The first-order valence-electron chi connectivity index (χ1n) is 6.59. The minimum atomic E-state index is -0.961. The molecule has 0 spiro atoms. The third-order valence-electron chi connectivity index (χ3n) is 3.32. The maximum atomic E-state index is 13.1. The van der Waals surface area contributed by atoms with Crippen LogP contribution in [0, 0.1) is 11.6 Å². The molecule has 2 aromatic carbocycles. The lowest BCUT2D eigenvalue weighted by Gasteiger charge is -2.18. The molecule has 21 heavy (non-hydrogen) atoms. The van der Waals surface area contributed by atoms with Crippen LogP contribution in [-0.2, 0) is 0 Å². The van der Waals surface area contributed by atoms with Crippen molar-refractivity contribution in [3.05, 3.63) is 70.2 Å². The van der Waals surface area contributed by atoms with Crippen LogP contribution in [-0.4, -0.2) is 11.7 Å². The van der Waals surface area contributed by atoms with Crippen LogP contribution in [0.2, 0.25) is 5.02 Å². The Morgan fingerprint density at radius 1 is 1.05 bits per heavy atom. The summed E-state index contributed by atoms with van der Waals surface area (Å²) in [6, 6.07) is 10.8. The molecule has 0 aliphatic heterocycles. The second kappa shape index (κ2) is 6.98. The number of aliphatic hydroxyl groups is 1. The third kappa shape index (κ3) is 4.24. The molecule has 0 saturated carbocycles. The second-order valence-corrected chi connectivity index (χ2v) is 5.31. The van der Waals surface area contributed by atoms with Crippen molar-refractivity contribution < 1.29 is 13.9 Å². The lowest BCUT2D eigenvalue weighted by atomic mass is 10.1. The average Bonchev–Trinajstić information content (AvgIpc) is 2.48. The van der Waals surface area contributed by atoms with Gasteiger partial charge >= 0.3 is 0 Å². The smallest absolute Gasteiger partial charge is 0.159 e. The van der Waals surface area contributed by atoms with Gasteiger partial charge in [0.05, 0.1) is 6.10 Å². The van der Waals surface area contributed by atoms with E-state index < -0.39 is 17.7 Å². The molecule has 0 aliphatic rings. The van der Waals surface area contributed by atoms with Gasteiger partial charge in [0.25, 0.3) is 0 Å².